The van der Waals surface area contributed by atoms with Gasteiger partial charge >= 0.3 is 11.9 Å². The zero-order valence-electron chi connectivity index (χ0n) is 14.7. The van der Waals surface area contributed by atoms with E-state index in [-0.39, 0.29) is 36.9 Å². The lowest BCUT2D eigenvalue weighted by Crippen LogP contribution is -2.39. The van der Waals surface area contributed by atoms with Crippen molar-refractivity contribution in [2.75, 3.05) is 6.61 Å². The van der Waals surface area contributed by atoms with E-state index in [4.69, 9.17) is 14.2 Å². The minimum atomic E-state index is -0.384. The van der Waals surface area contributed by atoms with Crippen LogP contribution in [0, 0.1) is 0 Å². The average molecular weight is 354 g/mol. The van der Waals surface area contributed by atoms with Gasteiger partial charge < -0.3 is 14.2 Å². The second-order valence-corrected chi connectivity index (χ2v) is 6.40. The maximum Gasteiger partial charge on any atom is 0.338 e. The quantitative estimate of drug-likeness (QED) is 0.767. The molecule has 0 aromatic heterocycles. The van der Waals surface area contributed by atoms with E-state index >= 15 is 0 Å². The van der Waals surface area contributed by atoms with Crippen LogP contribution < -0.4 is 0 Å². The molecular formula is C21H22O5. The first-order valence-corrected chi connectivity index (χ1v) is 8.75. The van der Waals surface area contributed by atoms with Crippen molar-refractivity contribution in [3.8, 4) is 0 Å². The molecule has 0 radical (unpaired) electrons. The minimum absolute atomic E-state index is 0.0715. The van der Waals surface area contributed by atoms with Gasteiger partial charge in [0, 0.05) is 12.8 Å². The first-order valence-electron chi connectivity index (χ1n) is 8.75. The van der Waals surface area contributed by atoms with Crippen molar-refractivity contribution < 1.29 is 23.8 Å². The molecule has 2 aromatic rings. The lowest BCUT2D eigenvalue weighted by Gasteiger charge is -2.33. The van der Waals surface area contributed by atoms with E-state index < -0.39 is 0 Å². The SMILES string of the molecule is CC1CC(OC(=O)c2ccccc2)CC(COC(=O)c2ccccc2)O1. The van der Waals surface area contributed by atoms with Gasteiger partial charge in [-0.05, 0) is 31.2 Å². The smallest absolute Gasteiger partial charge is 0.338 e. The summed E-state index contributed by atoms with van der Waals surface area (Å²) in [6.07, 6.45) is 0.511. The number of carbonyl (C=O) groups excluding carboxylic acids is 2. The lowest BCUT2D eigenvalue weighted by atomic mass is 10.0. The Hall–Kier alpha value is -2.66. The van der Waals surface area contributed by atoms with Gasteiger partial charge in [0.2, 0.25) is 0 Å². The fourth-order valence-corrected chi connectivity index (χ4v) is 3.02. The molecule has 0 amide bonds. The van der Waals surface area contributed by atoms with Crippen molar-refractivity contribution in [3.63, 3.8) is 0 Å². The molecule has 1 aliphatic rings. The predicted octanol–water partition coefficient (Wildman–Crippen LogP) is 3.64. The first kappa shape index (κ1) is 18.1. The number of esters is 2. The molecule has 3 unspecified atom stereocenters. The molecule has 1 fully saturated rings. The topological polar surface area (TPSA) is 61.8 Å². The van der Waals surface area contributed by atoms with Crippen LogP contribution in [0.25, 0.3) is 0 Å². The molecule has 5 nitrogen and oxygen atoms in total. The van der Waals surface area contributed by atoms with Gasteiger partial charge in [-0.25, -0.2) is 9.59 Å². The summed E-state index contributed by atoms with van der Waals surface area (Å²) in [5, 5.41) is 0. The summed E-state index contributed by atoms with van der Waals surface area (Å²) in [4.78, 5) is 24.3. The molecule has 26 heavy (non-hydrogen) atoms. The molecule has 0 spiro atoms. The van der Waals surface area contributed by atoms with E-state index in [1.165, 1.54) is 0 Å². The number of benzene rings is 2. The molecule has 0 aliphatic carbocycles. The molecule has 0 N–H and O–H groups in total. The van der Waals surface area contributed by atoms with Gasteiger partial charge in [0.15, 0.2) is 0 Å². The Morgan fingerprint density at radius 2 is 1.50 bits per heavy atom. The van der Waals surface area contributed by atoms with Crippen LogP contribution in [0.2, 0.25) is 0 Å². The molecule has 3 rings (SSSR count). The van der Waals surface area contributed by atoms with Gasteiger partial charge in [0.25, 0.3) is 0 Å². The summed E-state index contributed by atoms with van der Waals surface area (Å²) in [7, 11) is 0. The second kappa shape index (κ2) is 8.63. The highest BCUT2D eigenvalue weighted by atomic mass is 16.6. The van der Waals surface area contributed by atoms with E-state index in [0.717, 1.165) is 0 Å². The minimum Gasteiger partial charge on any atom is -0.459 e. The van der Waals surface area contributed by atoms with Crippen molar-refractivity contribution in [2.45, 2.75) is 38.1 Å². The van der Waals surface area contributed by atoms with Crippen molar-refractivity contribution in [1.29, 1.82) is 0 Å². The summed E-state index contributed by atoms with van der Waals surface area (Å²) in [6.45, 7) is 2.06. The molecule has 1 saturated heterocycles. The lowest BCUT2D eigenvalue weighted by molar-refractivity contribution is -0.110. The second-order valence-electron chi connectivity index (χ2n) is 6.40. The van der Waals surface area contributed by atoms with Crippen molar-refractivity contribution in [3.05, 3.63) is 71.8 Å². The number of ether oxygens (including phenoxy) is 3. The van der Waals surface area contributed by atoms with Crippen molar-refractivity contribution >= 4 is 11.9 Å². The summed E-state index contributed by atoms with van der Waals surface area (Å²) >= 11 is 0. The largest absolute Gasteiger partial charge is 0.459 e. The number of rotatable bonds is 5. The monoisotopic (exact) mass is 354 g/mol. The Morgan fingerprint density at radius 3 is 2.12 bits per heavy atom. The normalized spacial score (nSPS) is 22.4. The van der Waals surface area contributed by atoms with Crippen LogP contribution in [0.15, 0.2) is 60.7 Å². The van der Waals surface area contributed by atoms with Gasteiger partial charge in [0.1, 0.15) is 12.7 Å². The summed E-state index contributed by atoms with van der Waals surface area (Å²) in [5.41, 5.74) is 1.03. The summed E-state index contributed by atoms with van der Waals surface area (Å²) in [6, 6.07) is 17.7. The zero-order chi connectivity index (χ0) is 18.4. The van der Waals surface area contributed by atoms with Gasteiger partial charge in [-0.1, -0.05) is 36.4 Å². The van der Waals surface area contributed by atoms with Gasteiger partial charge in [-0.2, -0.15) is 0 Å². The van der Waals surface area contributed by atoms with Crippen LogP contribution in [0.1, 0.15) is 40.5 Å². The first-order chi connectivity index (χ1) is 12.6. The molecule has 0 saturated carbocycles. The fraction of sp³-hybridized carbons (Fsp3) is 0.333. The molecule has 0 bridgehead atoms. The highest BCUT2D eigenvalue weighted by Crippen LogP contribution is 2.23. The zero-order valence-corrected chi connectivity index (χ0v) is 14.7. The number of hydrogen-bond acceptors (Lipinski definition) is 5. The van der Waals surface area contributed by atoms with Gasteiger partial charge in [-0.3, -0.25) is 0 Å². The van der Waals surface area contributed by atoms with Crippen LogP contribution >= 0.6 is 0 Å². The maximum atomic E-state index is 12.2. The Kier molecular flexibility index (Phi) is 6.02. The molecular weight excluding hydrogens is 332 g/mol. The van der Waals surface area contributed by atoms with E-state index in [2.05, 4.69) is 0 Å². The van der Waals surface area contributed by atoms with E-state index in [1.54, 1.807) is 48.5 Å². The van der Waals surface area contributed by atoms with Crippen LogP contribution in [-0.4, -0.2) is 36.9 Å². The Morgan fingerprint density at radius 1 is 0.923 bits per heavy atom. The van der Waals surface area contributed by atoms with Crippen LogP contribution in [0.3, 0.4) is 0 Å². The number of hydrogen-bond donors (Lipinski definition) is 0. The van der Waals surface area contributed by atoms with Crippen molar-refractivity contribution in [2.24, 2.45) is 0 Å². The highest BCUT2D eigenvalue weighted by molar-refractivity contribution is 5.89. The third-order valence-electron chi connectivity index (χ3n) is 4.24. The average Bonchev–Trinajstić information content (AvgIpc) is 2.67. The number of carbonyl (C=O) groups is 2. The highest BCUT2D eigenvalue weighted by Gasteiger charge is 2.30. The molecule has 2 aromatic carbocycles. The third-order valence-corrected chi connectivity index (χ3v) is 4.24. The standard InChI is InChI=1S/C21H22O5/c1-15-12-18(26-21(23)17-10-6-3-7-11-17)13-19(25-15)14-24-20(22)16-8-4-2-5-9-16/h2-11,15,18-19H,12-14H2,1H3. The van der Waals surface area contributed by atoms with Gasteiger partial charge in [-0.15, -0.1) is 0 Å². The van der Waals surface area contributed by atoms with E-state index in [0.29, 0.717) is 24.0 Å². The molecule has 3 atom stereocenters. The van der Waals surface area contributed by atoms with Gasteiger partial charge in [0.05, 0.1) is 23.3 Å². The molecule has 5 heteroatoms. The third kappa shape index (κ3) is 4.92. The molecule has 136 valence electrons. The Bertz CT molecular complexity index is 729. The summed E-state index contributed by atoms with van der Waals surface area (Å²) < 4.78 is 16.8. The maximum absolute atomic E-state index is 12.2. The van der Waals surface area contributed by atoms with Crippen LogP contribution in [-0.2, 0) is 14.2 Å². The predicted molar refractivity (Wildman–Crippen MR) is 95.9 cm³/mol. The van der Waals surface area contributed by atoms with Crippen LogP contribution in [0.5, 0.6) is 0 Å². The molecule has 1 heterocycles. The molecule has 1 aliphatic heterocycles. The van der Waals surface area contributed by atoms with Crippen molar-refractivity contribution in [1.82, 2.24) is 0 Å². The fourth-order valence-electron chi connectivity index (χ4n) is 3.02. The van der Waals surface area contributed by atoms with E-state index in [9.17, 15) is 9.59 Å². The van der Waals surface area contributed by atoms with Crippen LogP contribution in [0.4, 0.5) is 0 Å². The summed E-state index contributed by atoms with van der Waals surface area (Å²) in [5.74, 6) is -0.727. The Labute approximate surface area is 152 Å². The van der Waals surface area contributed by atoms with E-state index in [1.807, 2.05) is 19.1 Å². The Balaban J connectivity index is 1.53.